The highest BCUT2D eigenvalue weighted by Gasteiger charge is 2.20. The van der Waals surface area contributed by atoms with E-state index in [-0.39, 0.29) is 0 Å². The molecule has 4 rings (SSSR count). The molecule has 5 nitrogen and oxygen atoms in total. The van der Waals surface area contributed by atoms with E-state index in [0.29, 0.717) is 0 Å². The fourth-order valence-corrected chi connectivity index (χ4v) is 4.38. The number of aromatic amines is 2. The van der Waals surface area contributed by atoms with Gasteiger partial charge in [0, 0.05) is 6.07 Å². The van der Waals surface area contributed by atoms with Gasteiger partial charge in [0.25, 0.3) is 0 Å². The number of fused-ring (bicyclic) bond motifs is 2. The summed E-state index contributed by atoms with van der Waals surface area (Å²) in [6.07, 6.45) is 0. The predicted molar refractivity (Wildman–Crippen MR) is 94.6 cm³/mol. The quantitative estimate of drug-likeness (QED) is 0.415. The Balaban J connectivity index is 1.65. The first-order valence-corrected chi connectivity index (χ1v) is 9.03. The van der Waals surface area contributed by atoms with Crippen LogP contribution in [-0.4, -0.2) is 19.9 Å². The minimum Gasteiger partial charge on any atom is -0.333 e. The van der Waals surface area contributed by atoms with Crippen LogP contribution in [0.3, 0.4) is 0 Å². The lowest BCUT2D eigenvalue weighted by Crippen LogP contribution is -2.26. The number of nitrogens with one attached hydrogen (secondary N) is 2. The van der Waals surface area contributed by atoms with E-state index in [9.17, 15) is 0 Å². The van der Waals surface area contributed by atoms with E-state index >= 15 is 0 Å². The van der Waals surface area contributed by atoms with Crippen LogP contribution in [0.2, 0.25) is 0 Å². The average Bonchev–Trinajstić information content (AvgIpc) is 3.06. The zero-order valence-electron chi connectivity index (χ0n) is 12.7. The molecule has 0 saturated heterocycles. The second-order valence-electron chi connectivity index (χ2n) is 5.44. The van der Waals surface area contributed by atoms with Crippen LogP contribution in [0.1, 0.15) is 17.1 Å². The summed E-state index contributed by atoms with van der Waals surface area (Å²) in [5, 5.41) is 0.919. The Labute approximate surface area is 145 Å². The largest absolute Gasteiger partial charge is 0.402 e. The van der Waals surface area contributed by atoms with Gasteiger partial charge in [-0.15, -0.1) is 0 Å². The molecule has 7 heteroatoms. The number of aromatic nitrogens is 5. The molecule has 0 fully saturated rings. The zero-order chi connectivity index (χ0) is 16.0. The standard InChI is InChI=1S/C16H14BrN5S/c1-9-7-10(2)22-14(17)13(19-15(22)18-9)8-23-16-20-11-5-3-4-6-12(11)21-16/h3-7H,8H2,1-2H3,(H,20,21)/p+1. The van der Waals surface area contributed by atoms with Gasteiger partial charge in [-0.2, -0.15) is 4.40 Å². The van der Waals surface area contributed by atoms with Crippen LogP contribution in [0.5, 0.6) is 0 Å². The summed E-state index contributed by atoms with van der Waals surface area (Å²) in [5.74, 6) is 1.64. The number of halogens is 1. The van der Waals surface area contributed by atoms with Gasteiger partial charge in [-0.1, -0.05) is 28.9 Å². The highest BCUT2D eigenvalue weighted by atomic mass is 79.9. The summed E-state index contributed by atoms with van der Waals surface area (Å²) in [5.41, 5.74) is 5.31. The van der Waals surface area contributed by atoms with Crippen molar-refractivity contribution < 1.29 is 4.40 Å². The first-order chi connectivity index (χ1) is 11.1. The van der Waals surface area contributed by atoms with Gasteiger partial charge in [0.05, 0.1) is 22.5 Å². The summed E-state index contributed by atoms with van der Waals surface area (Å²) < 4.78 is 3.10. The van der Waals surface area contributed by atoms with E-state index in [4.69, 9.17) is 0 Å². The van der Waals surface area contributed by atoms with Crippen molar-refractivity contribution in [2.24, 2.45) is 0 Å². The third-order valence-corrected chi connectivity index (χ3v) is 5.43. The molecule has 0 aliphatic carbocycles. The number of nitrogens with zero attached hydrogens (tertiary/aromatic N) is 3. The van der Waals surface area contributed by atoms with Gasteiger partial charge in [-0.25, -0.2) is 9.97 Å². The Kier molecular flexibility index (Phi) is 3.61. The van der Waals surface area contributed by atoms with Crippen LogP contribution < -0.4 is 4.40 Å². The molecule has 23 heavy (non-hydrogen) atoms. The van der Waals surface area contributed by atoms with Crippen molar-refractivity contribution in [3.8, 4) is 0 Å². The van der Waals surface area contributed by atoms with E-state index < -0.39 is 0 Å². The summed E-state index contributed by atoms with van der Waals surface area (Å²) in [6.45, 7) is 4.08. The highest BCUT2D eigenvalue weighted by molar-refractivity contribution is 9.10. The Hall–Kier alpha value is -1.86. The zero-order valence-corrected chi connectivity index (χ0v) is 15.1. The molecule has 0 spiro atoms. The van der Waals surface area contributed by atoms with Crippen LogP contribution in [-0.2, 0) is 5.75 Å². The molecular weight excluding hydrogens is 374 g/mol. The van der Waals surface area contributed by atoms with Crippen molar-refractivity contribution in [3.63, 3.8) is 0 Å². The summed E-state index contributed by atoms with van der Waals surface area (Å²) in [6, 6.07) is 10.1. The fraction of sp³-hybridized carbons (Fsp3) is 0.188. The minimum atomic E-state index is 0.780. The first-order valence-electron chi connectivity index (χ1n) is 7.26. The van der Waals surface area contributed by atoms with Crippen LogP contribution in [0.15, 0.2) is 40.1 Å². The van der Waals surface area contributed by atoms with Crippen molar-refractivity contribution in [3.05, 3.63) is 52.0 Å². The van der Waals surface area contributed by atoms with Gasteiger partial charge in [0.1, 0.15) is 11.4 Å². The lowest BCUT2D eigenvalue weighted by Gasteiger charge is -1.95. The third kappa shape index (κ3) is 2.64. The molecule has 0 amide bonds. The smallest absolute Gasteiger partial charge is 0.333 e. The molecular formula is C16H15BrN5S+. The topological polar surface area (TPSA) is 61.5 Å². The van der Waals surface area contributed by atoms with Gasteiger partial charge >= 0.3 is 5.78 Å². The molecule has 1 aromatic carbocycles. The number of aryl methyl sites for hydroxylation is 2. The second-order valence-corrected chi connectivity index (χ2v) is 7.16. The average molecular weight is 389 g/mol. The summed E-state index contributed by atoms with van der Waals surface area (Å²) >= 11 is 5.35. The molecule has 0 unspecified atom stereocenters. The maximum Gasteiger partial charge on any atom is 0.402 e. The Morgan fingerprint density at radius 2 is 2.00 bits per heavy atom. The van der Waals surface area contributed by atoms with Crippen LogP contribution in [0, 0.1) is 13.8 Å². The first kappa shape index (κ1) is 14.7. The fourth-order valence-electron chi connectivity index (χ4n) is 2.67. The number of hydrogen-bond acceptors (Lipinski definition) is 3. The number of benzene rings is 1. The van der Waals surface area contributed by atoms with Gasteiger partial charge in [0.2, 0.25) is 0 Å². The number of para-hydroxylation sites is 2. The molecule has 0 aliphatic heterocycles. The van der Waals surface area contributed by atoms with Crippen molar-refractivity contribution >= 4 is 44.5 Å². The minimum absolute atomic E-state index is 0.780. The van der Waals surface area contributed by atoms with E-state index in [2.05, 4.69) is 53.3 Å². The van der Waals surface area contributed by atoms with Crippen molar-refractivity contribution in [1.82, 2.24) is 19.9 Å². The van der Waals surface area contributed by atoms with E-state index in [1.165, 1.54) is 0 Å². The lowest BCUT2D eigenvalue weighted by atomic mass is 10.3. The molecule has 116 valence electrons. The van der Waals surface area contributed by atoms with Gasteiger partial charge in [-0.05, 0) is 41.9 Å². The van der Waals surface area contributed by atoms with Crippen molar-refractivity contribution in [1.29, 1.82) is 0 Å². The maximum absolute atomic E-state index is 4.60. The van der Waals surface area contributed by atoms with Gasteiger partial charge < -0.3 is 4.98 Å². The van der Waals surface area contributed by atoms with E-state index in [0.717, 1.165) is 49.4 Å². The number of H-pyrrole nitrogens is 2. The Morgan fingerprint density at radius 1 is 1.17 bits per heavy atom. The SMILES string of the molecule is Cc1cc(C)[n+]2c(Br)c(CSc3nc4ccccc4[nH]3)[nH]c2n1. The van der Waals surface area contributed by atoms with Crippen molar-refractivity contribution in [2.45, 2.75) is 24.8 Å². The molecule has 0 saturated carbocycles. The predicted octanol–water partition coefficient (Wildman–Crippen LogP) is 3.70. The number of rotatable bonds is 3. The number of imidazole rings is 2. The monoisotopic (exact) mass is 388 g/mol. The molecule has 2 N–H and O–H groups in total. The summed E-state index contributed by atoms with van der Waals surface area (Å²) in [7, 11) is 0. The lowest BCUT2D eigenvalue weighted by molar-refractivity contribution is -0.533. The molecule has 0 bridgehead atoms. The van der Waals surface area contributed by atoms with Crippen molar-refractivity contribution in [2.75, 3.05) is 0 Å². The molecule has 4 aromatic rings. The Bertz CT molecular complexity index is 987. The maximum atomic E-state index is 4.60. The van der Waals surface area contributed by atoms with E-state index in [1.807, 2.05) is 31.2 Å². The van der Waals surface area contributed by atoms with Crippen LogP contribution in [0.25, 0.3) is 16.8 Å². The normalized spacial score (nSPS) is 11.6. The summed E-state index contributed by atoms with van der Waals surface area (Å²) in [4.78, 5) is 15.9. The molecule has 0 aliphatic rings. The molecule has 3 aromatic heterocycles. The van der Waals surface area contributed by atoms with Crippen LogP contribution >= 0.6 is 27.7 Å². The van der Waals surface area contributed by atoms with Crippen LogP contribution in [0.4, 0.5) is 0 Å². The molecule has 3 heterocycles. The molecule has 0 atom stereocenters. The number of thioether (sulfide) groups is 1. The molecule has 0 radical (unpaired) electrons. The second kappa shape index (κ2) is 5.65. The third-order valence-electron chi connectivity index (χ3n) is 3.69. The highest BCUT2D eigenvalue weighted by Crippen LogP contribution is 2.25. The Morgan fingerprint density at radius 3 is 2.83 bits per heavy atom. The van der Waals surface area contributed by atoms with Gasteiger partial charge in [-0.3, -0.25) is 0 Å². The van der Waals surface area contributed by atoms with Gasteiger partial charge in [0.15, 0.2) is 9.76 Å². The number of hydrogen-bond donors (Lipinski definition) is 2. The van der Waals surface area contributed by atoms with E-state index in [1.54, 1.807) is 11.8 Å².